The first kappa shape index (κ1) is 14.2. The van der Waals surface area contributed by atoms with Crippen molar-refractivity contribution in [2.24, 2.45) is 0 Å². The Morgan fingerprint density at radius 2 is 2.06 bits per heavy atom. The van der Waals surface area contributed by atoms with Gasteiger partial charge in [0.25, 0.3) is 0 Å². The highest BCUT2D eigenvalue weighted by molar-refractivity contribution is 5.96. The predicted molar refractivity (Wildman–Crippen MR) is 69.9 cm³/mol. The van der Waals surface area contributed by atoms with E-state index in [2.05, 4.69) is 10.6 Å². The number of amides is 1. The molecule has 3 N–H and O–H groups in total. The zero-order valence-corrected chi connectivity index (χ0v) is 10.6. The summed E-state index contributed by atoms with van der Waals surface area (Å²) in [7, 11) is 0. The summed E-state index contributed by atoms with van der Waals surface area (Å²) in [4.78, 5) is 22.5. The first-order valence-electron chi connectivity index (χ1n) is 5.89. The van der Waals surface area contributed by atoms with Crippen molar-refractivity contribution in [1.29, 1.82) is 0 Å². The SMILES string of the molecule is CCCNCC(=O)Nc1cccc(C(=O)O)c1C. The fourth-order valence-electron chi connectivity index (χ4n) is 1.58. The van der Waals surface area contributed by atoms with Gasteiger partial charge in [-0.15, -0.1) is 0 Å². The molecule has 1 amide bonds. The van der Waals surface area contributed by atoms with E-state index in [9.17, 15) is 9.59 Å². The number of aromatic carboxylic acids is 1. The maximum Gasteiger partial charge on any atom is 0.336 e. The number of nitrogens with one attached hydrogen (secondary N) is 2. The van der Waals surface area contributed by atoms with Crippen molar-refractivity contribution in [1.82, 2.24) is 5.32 Å². The van der Waals surface area contributed by atoms with Crippen LogP contribution in [-0.2, 0) is 4.79 Å². The van der Waals surface area contributed by atoms with Crippen molar-refractivity contribution in [3.63, 3.8) is 0 Å². The van der Waals surface area contributed by atoms with Gasteiger partial charge in [0, 0.05) is 5.69 Å². The van der Waals surface area contributed by atoms with Gasteiger partial charge in [-0.1, -0.05) is 13.0 Å². The standard InChI is InChI=1S/C13H18N2O3/c1-3-7-14-8-12(16)15-11-6-4-5-10(9(11)2)13(17)18/h4-6,14H,3,7-8H2,1-2H3,(H,15,16)(H,17,18). The number of benzene rings is 1. The number of carbonyl (C=O) groups is 2. The molecule has 0 radical (unpaired) electrons. The molecule has 0 aliphatic rings. The molecule has 0 unspecified atom stereocenters. The van der Waals surface area contributed by atoms with Gasteiger partial charge in [-0.05, 0) is 37.6 Å². The topological polar surface area (TPSA) is 78.4 Å². The lowest BCUT2D eigenvalue weighted by molar-refractivity contribution is -0.115. The highest BCUT2D eigenvalue weighted by Crippen LogP contribution is 2.18. The summed E-state index contributed by atoms with van der Waals surface area (Å²) in [5.41, 5.74) is 1.31. The number of carboxylic acid groups (broad SMARTS) is 1. The van der Waals surface area contributed by atoms with E-state index >= 15 is 0 Å². The van der Waals surface area contributed by atoms with E-state index in [-0.39, 0.29) is 18.0 Å². The number of carbonyl (C=O) groups excluding carboxylic acids is 1. The highest BCUT2D eigenvalue weighted by atomic mass is 16.4. The number of rotatable bonds is 6. The molecule has 0 aromatic heterocycles. The van der Waals surface area contributed by atoms with Crippen LogP contribution in [-0.4, -0.2) is 30.1 Å². The van der Waals surface area contributed by atoms with E-state index < -0.39 is 5.97 Å². The third kappa shape index (κ3) is 3.85. The van der Waals surface area contributed by atoms with Gasteiger partial charge in [0.1, 0.15) is 0 Å². The fourth-order valence-corrected chi connectivity index (χ4v) is 1.58. The van der Waals surface area contributed by atoms with Gasteiger partial charge in [-0.2, -0.15) is 0 Å². The van der Waals surface area contributed by atoms with Crippen molar-refractivity contribution in [2.45, 2.75) is 20.3 Å². The number of hydrogen-bond acceptors (Lipinski definition) is 3. The number of hydrogen-bond donors (Lipinski definition) is 3. The van der Waals surface area contributed by atoms with E-state index in [0.29, 0.717) is 11.3 Å². The molecule has 0 saturated carbocycles. The third-order valence-electron chi connectivity index (χ3n) is 2.55. The smallest absolute Gasteiger partial charge is 0.336 e. The molecule has 0 aliphatic heterocycles. The summed E-state index contributed by atoms with van der Waals surface area (Å²) < 4.78 is 0. The molecule has 0 saturated heterocycles. The van der Waals surface area contributed by atoms with E-state index in [1.165, 1.54) is 6.07 Å². The Morgan fingerprint density at radius 3 is 2.67 bits per heavy atom. The molecular weight excluding hydrogens is 232 g/mol. The zero-order chi connectivity index (χ0) is 13.5. The monoisotopic (exact) mass is 250 g/mol. The average molecular weight is 250 g/mol. The van der Waals surface area contributed by atoms with Crippen LogP contribution >= 0.6 is 0 Å². The van der Waals surface area contributed by atoms with Gasteiger partial charge in [-0.25, -0.2) is 4.79 Å². The van der Waals surface area contributed by atoms with Crippen LogP contribution < -0.4 is 10.6 Å². The molecular formula is C13H18N2O3. The normalized spacial score (nSPS) is 10.1. The maximum atomic E-state index is 11.6. The summed E-state index contributed by atoms with van der Waals surface area (Å²) in [5, 5.41) is 14.7. The second-order valence-corrected chi connectivity index (χ2v) is 4.01. The van der Waals surface area contributed by atoms with Crippen molar-refractivity contribution < 1.29 is 14.7 Å². The average Bonchev–Trinajstić information content (AvgIpc) is 2.32. The molecule has 1 rings (SSSR count). The van der Waals surface area contributed by atoms with E-state index in [4.69, 9.17) is 5.11 Å². The van der Waals surface area contributed by atoms with E-state index in [1.54, 1.807) is 19.1 Å². The molecule has 5 heteroatoms. The summed E-state index contributed by atoms with van der Waals surface area (Å²) in [6.07, 6.45) is 0.959. The molecule has 5 nitrogen and oxygen atoms in total. The molecule has 0 fully saturated rings. The summed E-state index contributed by atoms with van der Waals surface area (Å²) in [6.45, 7) is 4.70. The van der Waals surface area contributed by atoms with Crippen LogP contribution in [0.3, 0.4) is 0 Å². The Morgan fingerprint density at radius 1 is 1.33 bits per heavy atom. The summed E-state index contributed by atoms with van der Waals surface area (Å²) in [6, 6.07) is 4.83. The molecule has 0 heterocycles. The van der Waals surface area contributed by atoms with E-state index in [1.807, 2.05) is 6.92 Å². The molecule has 18 heavy (non-hydrogen) atoms. The lowest BCUT2D eigenvalue weighted by Gasteiger charge is -2.10. The minimum Gasteiger partial charge on any atom is -0.478 e. The molecule has 0 spiro atoms. The molecule has 1 aromatic carbocycles. The van der Waals surface area contributed by atoms with Crippen molar-refractivity contribution in [2.75, 3.05) is 18.4 Å². The quantitative estimate of drug-likeness (QED) is 0.670. The van der Waals surface area contributed by atoms with Gasteiger partial charge in [0.05, 0.1) is 12.1 Å². The Kier molecular flexibility index (Phi) is 5.32. The Labute approximate surface area is 106 Å². The zero-order valence-electron chi connectivity index (χ0n) is 10.6. The summed E-state index contributed by atoms with van der Waals surface area (Å²) >= 11 is 0. The van der Waals surface area contributed by atoms with Crippen LogP contribution in [0.1, 0.15) is 29.3 Å². The highest BCUT2D eigenvalue weighted by Gasteiger charge is 2.11. The van der Waals surface area contributed by atoms with Crippen LogP contribution in [0, 0.1) is 6.92 Å². The van der Waals surface area contributed by atoms with Gasteiger partial charge < -0.3 is 15.7 Å². The van der Waals surface area contributed by atoms with Crippen molar-refractivity contribution >= 4 is 17.6 Å². The lowest BCUT2D eigenvalue weighted by Crippen LogP contribution is -2.28. The second-order valence-electron chi connectivity index (χ2n) is 4.01. The van der Waals surface area contributed by atoms with E-state index in [0.717, 1.165) is 13.0 Å². The number of anilines is 1. The predicted octanol–water partition coefficient (Wildman–Crippen LogP) is 1.63. The minimum atomic E-state index is -0.993. The summed E-state index contributed by atoms with van der Waals surface area (Å²) in [5.74, 6) is -1.17. The first-order chi connectivity index (χ1) is 8.56. The fraction of sp³-hybridized carbons (Fsp3) is 0.385. The second kappa shape index (κ2) is 6.76. The Balaban J connectivity index is 2.70. The maximum absolute atomic E-state index is 11.6. The number of carboxylic acids is 1. The van der Waals surface area contributed by atoms with Crippen LogP contribution in [0.15, 0.2) is 18.2 Å². The minimum absolute atomic E-state index is 0.172. The van der Waals surface area contributed by atoms with Crippen LogP contribution in [0.2, 0.25) is 0 Å². The van der Waals surface area contributed by atoms with Gasteiger partial charge in [-0.3, -0.25) is 4.79 Å². The van der Waals surface area contributed by atoms with Crippen molar-refractivity contribution in [3.8, 4) is 0 Å². The Bertz CT molecular complexity index is 444. The molecule has 98 valence electrons. The Hall–Kier alpha value is -1.88. The largest absolute Gasteiger partial charge is 0.478 e. The molecule has 0 atom stereocenters. The molecule has 0 bridgehead atoms. The molecule has 1 aromatic rings. The molecule has 0 aliphatic carbocycles. The van der Waals surface area contributed by atoms with Gasteiger partial charge in [0.2, 0.25) is 5.91 Å². The van der Waals surface area contributed by atoms with Gasteiger partial charge >= 0.3 is 5.97 Å². The van der Waals surface area contributed by atoms with Gasteiger partial charge in [0.15, 0.2) is 0 Å². The van der Waals surface area contributed by atoms with Crippen LogP contribution in [0.5, 0.6) is 0 Å². The first-order valence-corrected chi connectivity index (χ1v) is 5.89. The van der Waals surface area contributed by atoms with Crippen LogP contribution in [0.4, 0.5) is 5.69 Å². The van der Waals surface area contributed by atoms with Crippen molar-refractivity contribution in [3.05, 3.63) is 29.3 Å². The lowest BCUT2D eigenvalue weighted by atomic mass is 10.1. The third-order valence-corrected chi connectivity index (χ3v) is 2.55. The van der Waals surface area contributed by atoms with Crippen LogP contribution in [0.25, 0.3) is 0 Å².